The molecular weight excluding hydrogens is 674 g/mol. The second-order valence-electron chi connectivity index (χ2n) is 17.0. The summed E-state index contributed by atoms with van der Waals surface area (Å²) >= 11 is 0. The molecule has 3 aliphatic rings. The van der Waals surface area contributed by atoms with E-state index in [-0.39, 0.29) is 30.5 Å². The van der Waals surface area contributed by atoms with Crippen molar-refractivity contribution in [1.29, 1.82) is 0 Å². The van der Waals surface area contributed by atoms with Crippen LogP contribution in [-0.2, 0) is 38.0 Å². The van der Waals surface area contributed by atoms with Gasteiger partial charge in [0.25, 0.3) is 0 Å². The summed E-state index contributed by atoms with van der Waals surface area (Å²) in [7, 11) is 12.8. The Labute approximate surface area is 313 Å². The monoisotopic (exact) mass is 748 g/mol. The summed E-state index contributed by atoms with van der Waals surface area (Å²) in [5, 5.41) is 34.3. The van der Waals surface area contributed by atoms with Crippen molar-refractivity contribution in [2.45, 2.75) is 159 Å². The Bertz CT molecular complexity index is 1120. The zero-order chi connectivity index (χ0) is 39.5. The number of carbonyl (C=O) groups excluding carboxylic acids is 1. The summed E-state index contributed by atoms with van der Waals surface area (Å²) < 4.78 is 44.7. The largest absolute Gasteiger partial charge is 0.459 e. The van der Waals surface area contributed by atoms with E-state index < -0.39 is 84.3 Å². The van der Waals surface area contributed by atoms with Crippen LogP contribution in [0.4, 0.5) is 0 Å². The molecule has 14 heteroatoms. The number of methoxy groups -OCH3 is 2. The molecule has 0 amide bonds. The fourth-order valence-electron chi connectivity index (χ4n) is 8.51. The molecule has 0 bridgehead atoms. The fraction of sp³-hybridized carbons (Fsp3) is 0.974. The van der Waals surface area contributed by atoms with Crippen molar-refractivity contribution in [3.63, 3.8) is 0 Å². The van der Waals surface area contributed by atoms with E-state index in [1.54, 1.807) is 28.1 Å². The normalized spacial score (nSPS) is 46.6. The first-order valence-electron chi connectivity index (χ1n) is 19.1. The van der Waals surface area contributed by atoms with Gasteiger partial charge in [0, 0.05) is 51.7 Å². The van der Waals surface area contributed by atoms with Crippen LogP contribution < -0.4 is 0 Å². The van der Waals surface area contributed by atoms with Gasteiger partial charge >= 0.3 is 5.97 Å². The van der Waals surface area contributed by atoms with E-state index in [9.17, 15) is 20.1 Å². The highest BCUT2D eigenvalue weighted by Gasteiger charge is 2.52. The Balaban J connectivity index is 2.19. The maximum atomic E-state index is 14.3. The average Bonchev–Trinajstić information content (AvgIpc) is 3.07. The molecule has 306 valence electrons. The molecule has 0 saturated carbocycles. The molecule has 3 saturated heterocycles. The molecule has 3 aliphatic heterocycles. The molecule has 0 aliphatic carbocycles. The zero-order valence-corrected chi connectivity index (χ0v) is 34.6. The highest BCUT2D eigenvalue weighted by Crippen LogP contribution is 2.41. The number of hydrogen-bond acceptors (Lipinski definition) is 14. The van der Waals surface area contributed by atoms with Crippen molar-refractivity contribution >= 4 is 5.97 Å². The molecule has 0 aromatic rings. The molecule has 0 radical (unpaired) electrons. The van der Waals surface area contributed by atoms with Gasteiger partial charge in [0.1, 0.15) is 18.3 Å². The third kappa shape index (κ3) is 10.6. The number of hydrogen-bond donors (Lipinski definition) is 3. The SMILES string of the molecule is CO[C@]1(C)CC(O[C@H]2[C@H](C)[C@@H](O[C@@H]3O[C@H](C)C[C@H](N(C)C)[C@H]3O)[C@@](C)(OC)C[C@@H](C)[C@H](O)[C@H](C)N(C)C[C@@H](CN(C)C)OC(=O)[C@@H]2C)O[C@@H](C)[C@@H]1O. The van der Waals surface area contributed by atoms with Gasteiger partial charge in [0.05, 0.1) is 47.6 Å². The number of esters is 1. The van der Waals surface area contributed by atoms with E-state index in [4.69, 9.17) is 33.2 Å². The number of cyclic esters (lactones) is 1. The minimum absolute atomic E-state index is 0.203. The Hall–Kier alpha value is -1.01. The quantitative estimate of drug-likeness (QED) is 0.295. The van der Waals surface area contributed by atoms with Crippen molar-refractivity contribution in [1.82, 2.24) is 14.7 Å². The van der Waals surface area contributed by atoms with Gasteiger partial charge in [-0.1, -0.05) is 13.8 Å². The highest BCUT2D eigenvalue weighted by molar-refractivity contribution is 5.73. The molecule has 3 heterocycles. The molecule has 0 aromatic carbocycles. The Morgan fingerprint density at radius 3 is 2.06 bits per heavy atom. The summed E-state index contributed by atoms with van der Waals surface area (Å²) in [4.78, 5) is 20.3. The van der Waals surface area contributed by atoms with E-state index in [1.807, 2.05) is 91.5 Å². The smallest absolute Gasteiger partial charge is 0.311 e. The van der Waals surface area contributed by atoms with Crippen LogP contribution in [0, 0.1) is 17.8 Å². The average molecular weight is 748 g/mol. The van der Waals surface area contributed by atoms with Crippen molar-refractivity contribution < 1.29 is 53.3 Å². The molecule has 14 nitrogen and oxygen atoms in total. The maximum absolute atomic E-state index is 14.3. The standard InChI is InChI=1S/C38H73N3O11/c1-21-17-38(8,47-15)34(52-36-31(43)28(40(11)12)16-22(2)48-36)23(3)32(51-29-18-37(7,46-14)33(44)26(6)49-29)24(4)35(45)50-27(19-39(9)10)20-41(13)25(5)30(21)42/h21-34,36,42-44H,16-20H2,1-15H3/t21-,22-,23+,24-,25+,26+,27-,28+,29?,30+,31-,32+,33+,34-,36+,37-,38+/m1/s1. The first-order chi connectivity index (χ1) is 24.1. The first-order valence-corrected chi connectivity index (χ1v) is 19.1. The molecule has 52 heavy (non-hydrogen) atoms. The minimum Gasteiger partial charge on any atom is -0.459 e. The van der Waals surface area contributed by atoms with E-state index in [1.165, 1.54) is 0 Å². The van der Waals surface area contributed by atoms with Gasteiger partial charge in [-0.3, -0.25) is 9.69 Å². The lowest BCUT2D eigenvalue weighted by atomic mass is 9.76. The summed E-state index contributed by atoms with van der Waals surface area (Å²) in [6.07, 6.45) is -6.30. The van der Waals surface area contributed by atoms with E-state index in [2.05, 4.69) is 0 Å². The Kier molecular flexibility index (Phi) is 16.4. The van der Waals surface area contributed by atoms with Crippen LogP contribution in [0.5, 0.6) is 0 Å². The number of nitrogens with zero attached hydrogens (tertiary/aromatic N) is 3. The lowest BCUT2D eigenvalue weighted by Gasteiger charge is -2.50. The van der Waals surface area contributed by atoms with Gasteiger partial charge in [0.15, 0.2) is 12.6 Å². The maximum Gasteiger partial charge on any atom is 0.311 e. The fourth-order valence-corrected chi connectivity index (χ4v) is 8.51. The van der Waals surface area contributed by atoms with Crippen molar-refractivity contribution in [3.8, 4) is 0 Å². The predicted molar refractivity (Wildman–Crippen MR) is 197 cm³/mol. The van der Waals surface area contributed by atoms with Gasteiger partial charge in [-0.05, 0) is 95.5 Å². The van der Waals surface area contributed by atoms with Crippen LogP contribution in [0.25, 0.3) is 0 Å². The Morgan fingerprint density at radius 2 is 1.50 bits per heavy atom. The first kappa shape index (κ1) is 45.4. The summed E-state index contributed by atoms with van der Waals surface area (Å²) in [5.74, 6) is -2.11. The topological polar surface area (TPSA) is 152 Å². The molecule has 3 N–H and O–H groups in total. The molecule has 0 aromatic heterocycles. The Morgan fingerprint density at radius 1 is 0.885 bits per heavy atom. The molecule has 0 spiro atoms. The number of likely N-dealkylation sites (N-methyl/N-ethyl adjacent to an activating group) is 3. The molecule has 1 unspecified atom stereocenters. The summed E-state index contributed by atoms with van der Waals surface area (Å²) in [6, 6.07) is -0.493. The number of ether oxygens (including phenoxy) is 7. The summed E-state index contributed by atoms with van der Waals surface area (Å²) in [5.41, 5.74) is -2.02. The van der Waals surface area contributed by atoms with Gasteiger partial charge in [0.2, 0.25) is 0 Å². The third-order valence-electron chi connectivity index (χ3n) is 12.1. The molecule has 3 fully saturated rings. The van der Waals surface area contributed by atoms with Crippen molar-refractivity contribution in [3.05, 3.63) is 0 Å². The number of aliphatic hydroxyl groups is 3. The highest BCUT2D eigenvalue weighted by atomic mass is 16.7. The van der Waals surface area contributed by atoms with Gasteiger partial charge in [-0.15, -0.1) is 0 Å². The predicted octanol–water partition coefficient (Wildman–Crippen LogP) is 1.96. The lowest BCUT2D eigenvalue weighted by Crippen LogP contribution is -2.61. The van der Waals surface area contributed by atoms with Gasteiger partial charge in [-0.2, -0.15) is 0 Å². The summed E-state index contributed by atoms with van der Waals surface area (Å²) in [6.45, 7) is 16.1. The minimum atomic E-state index is -1.06. The third-order valence-corrected chi connectivity index (χ3v) is 12.1. The van der Waals surface area contributed by atoms with Crippen LogP contribution in [0.15, 0.2) is 0 Å². The van der Waals surface area contributed by atoms with E-state index in [0.29, 0.717) is 25.9 Å². The molecule has 3 rings (SSSR count). The number of aliphatic hydroxyl groups excluding tert-OH is 3. The van der Waals surface area contributed by atoms with E-state index >= 15 is 0 Å². The van der Waals surface area contributed by atoms with Crippen LogP contribution in [0.1, 0.15) is 74.7 Å². The van der Waals surface area contributed by atoms with Gasteiger partial charge in [-0.25, -0.2) is 0 Å². The second kappa shape index (κ2) is 18.8. The van der Waals surface area contributed by atoms with E-state index in [0.717, 1.165) is 0 Å². The van der Waals surface area contributed by atoms with Gasteiger partial charge < -0.3 is 58.3 Å². The van der Waals surface area contributed by atoms with Crippen molar-refractivity contribution in [2.24, 2.45) is 17.8 Å². The molecular formula is C38H73N3O11. The van der Waals surface area contributed by atoms with Crippen LogP contribution in [0.3, 0.4) is 0 Å². The van der Waals surface area contributed by atoms with Crippen molar-refractivity contribution in [2.75, 3.05) is 62.5 Å². The zero-order valence-electron chi connectivity index (χ0n) is 34.6. The van der Waals surface area contributed by atoms with Crippen LogP contribution in [-0.4, -0.2) is 183 Å². The number of rotatable bonds is 9. The molecule has 17 atom stereocenters. The number of carbonyl (C=O) groups is 1. The van der Waals surface area contributed by atoms with Crippen LogP contribution >= 0.6 is 0 Å². The second-order valence-corrected chi connectivity index (χ2v) is 17.0. The lowest BCUT2D eigenvalue weighted by molar-refractivity contribution is -0.319. The van der Waals surface area contributed by atoms with Crippen LogP contribution in [0.2, 0.25) is 0 Å².